The summed E-state index contributed by atoms with van der Waals surface area (Å²) in [5, 5.41) is 4.46. The summed E-state index contributed by atoms with van der Waals surface area (Å²) in [5.74, 6) is -0.261. The maximum Gasteiger partial charge on any atom is 0.342 e. The number of hydrogen-bond acceptors (Lipinski definition) is 4. The summed E-state index contributed by atoms with van der Waals surface area (Å²) in [6.07, 6.45) is 2.02. The Morgan fingerprint density at radius 3 is 2.62 bits per heavy atom. The maximum atomic E-state index is 12.4. The van der Waals surface area contributed by atoms with E-state index < -0.39 is 0 Å². The lowest BCUT2D eigenvalue weighted by molar-refractivity contribution is -0.446. The van der Waals surface area contributed by atoms with Gasteiger partial charge in [-0.15, -0.1) is 0 Å². The third kappa shape index (κ3) is 3.13. The molecule has 112 valence electrons. The Morgan fingerprint density at radius 2 is 2.05 bits per heavy atom. The molecule has 1 aliphatic heterocycles. The van der Waals surface area contributed by atoms with E-state index in [0.29, 0.717) is 12.2 Å². The highest BCUT2D eigenvalue weighted by atomic mass is 32.2. The molecule has 1 atom stereocenters. The number of hydrogen-bond donors (Lipinski definition) is 1. The number of carbonyl (C=O) groups excluding carboxylic acids is 1. The molecule has 1 N–H and O–H groups in total. The highest BCUT2D eigenvalue weighted by molar-refractivity contribution is 8.13. The number of thioether (sulfide) groups is 1. The third-order valence-corrected chi connectivity index (χ3v) is 4.35. The number of carbonyl (C=O) groups is 1. The topological polar surface area (TPSA) is 41.3 Å². The number of nitrogens with zero attached hydrogens (tertiary/aromatic N) is 1. The predicted molar refractivity (Wildman–Crippen MR) is 86.4 cm³/mol. The van der Waals surface area contributed by atoms with Crippen LogP contribution in [0, 0.1) is 0 Å². The molecule has 1 unspecified atom stereocenters. The number of amidine groups is 1. The van der Waals surface area contributed by atoms with Crippen LogP contribution in [0.25, 0.3) is 0 Å². The van der Waals surface area contributed by atoms with Crippen molar-refractivity contribution in [2.75, 3.05) is 19.9 Å². The molecule has 0 radical (unpaired) electrons. The second kappa shape index (κ2) is 6.80. The zero-order valence-corrected chi connectivity index (χ0v) is 13.7. The van der Waals surface area contributed by atoms with Gasteiger partial charge in [0.05, 0.1) is 13.7 Å². The molecule has 1 aliphatic rings. The highest BCUT2D eigenvalue weighted by Gasteiger charge is 2.37. The predicted octanol–water partition coefficient (Wildman–Crippen LogP) is 2.53. The van der Waals surface area contributed by atoms with Crippen LogP contribution in [0.4, 0.5) is 0 Å². The molecule has 4 nitrogen and oxygen atoms in total. The van der Waals surface area contributed by atoms with Gasteiger partial charge in [0.15, 0.2) is 6.04 Å². The first kappa shape index (κ1) is 15.6. The molecule has 0 amide bonds. The van der Waals surface area contributed by atoms with Crippen LogP contribution in [0.5, 0.6) is 0 Å². The van der Waals surface area contributed by atoms with Crippen molar-refractivity contribution in [2.24, 2.45) is 0 Å². The van der Waals surface area contributed by atoms with Crippen LogP contribution in [0.1, 0.15) is 25.5 Å². The van der Waals surface area contributed by atoms with E-state index in [0.717, 1.165) is 16.4 Å². The summed E-state index contributed by atoms with van der Waals surface area (Å²) in [4.78, 5) is 12.4. The first-order chi connectivity index (χ1) is 10.1. The molecular weight excluding hydrogens is 284 g/mol. The van der Waals surface area contributed by atoms with E-state index in [4.69, 9.17) is 4.74 Å². The zero-order chi connectivity index (χ0) is 15.4. The fraction of sp³-hybridized carbons (Fsp3) is 0.375. The molecule has 0 aliphatic carbocycles. The largest absolute Gasteiger partial charge is 0.462 e. The van der Waals surface area contributed by atoms with Gasteiger partial charge in [0.25, 0.3) is 0 Å². The molecule has 21 heavy (non-hydrogen) atoms. The number of ether oxygens (including phenoxy) is 1. The molecule has 0 bridgehead atoms. The Labute approximate surface area is 129 Å². The van der Waals surface area contributed by atoms with Crippen LogP contribution in [0.3, 0.4) is 0 Å². The van der Waals surface area contributed by atoms with Crippen LogP contribution in [-0.2, 0) is 9.53 Å². The van der Waals surface area contributed by atoms with Crippen molar-refractivity contribution in [3.63, 3.8) is 0 Å². The van der Waals surface area contributed by atoms with Gasteiger partial charge in [-0.3, -0.25) is 5.32 Å². The van der Waals surface area contributed by atoms with E-state index in [1.54, 1.807) is 11.8 Å². The summed E-state index contributed by atoms with van der Waals surface area (Å²) < 4.78 is 7.24. The van der Waals surface area contributed by atoms with Gasteiger partial charge in [0.2, 0.25) is 0 Å². The van der Waals surface area contributed by atoms with E-state index in [2.05, 4.69) is 5.32 Å². The van der Waals surface area contributed by atoms with E-state index in [1.807, 2.05) is 62.1 Å². The fourth-order valence-electron chi connectivity index (χ4n) is 2.40. The molecule has 2 rings (SSSR count). The van der Waals surface area contributed by atoms with Gasteiger partial charge in [-0.2, -0.15) is 0 Å². The van der Waals surface area contributed by atoms with Gasteiger partial charge in [-0.25, -0.2) is 9.37 Å². The first-order valence-electron chi connectivity index (χ1n) is 6.94. The summed E-state index contributed by atoms with van der Waals surface area (Å²) in [6, 6.07) is 9.79. The SMILES string of the molecule is CCOC(=O)C1=C(C)[N+](C)=C(SC)NC1c1ccccc1. The summed E-state index contributed by atoms with van der Waals surface area (Å²) >= 11 is 1.63. The molecule has 0 saturated heterocycles. The number of nitrogens with one attached hydrogen (secondary N) is 1. The second-order valence-corrected chi connectivity index (χ2v) is 5.57. The van der Waals surface area contributed by atoms with Crippen molar-refractivity contribution < 1.29 is 14.1 Å². The molecule has 0 spiro atoms. The lowest BCUT2D eigenvalue weighted by Crippen LogP contribution is -2.40. The minimum Gasteiger partial charge on any atom is -0.462 e. The molecule has 0 saturated carbocycles. The van der Waals surface area contributed by atoms with Crippen molar-refractivity contribution in [1.29, 1.82) is 0 Å². The molecule has 5 heteroatoms. The molecule has 0 fully saturated rings. The number of allylic oxidation sites excluding steroid dienone is 1. The van der Waals surface area contributed by atoms with Crippen molar-refractivity contribution in [3.05, 3.63) is 47.2 Å². The van der Waals surface area contributed by atoms with Gasteiger partial charge >= 0.3 is 11.1 Å². The van der Waals surface area contributed by atoms with Crippen LogP contribution < -0.4 is 5.32 Å². The Kier molecular flexibility index (Phi) is 5.07. The summed E-state index contributed by atoms with van der Waals surface area (Å²) in [6.45, 7) is 4.16. The summed E-state index contributed by atoms with van der Waals surface area (Å²) in [5.41, 5.74) is 2.65. The van der Waals surface area contributed by atoms with E-state index in [9.17, 15) is 4.79 Å². The van der Waals surface area contributed by atoms with Gasteiger partial charge in [0, 0.05) is 5.56 Å². The van der Waals surface area contributed by atoms with Crippen molar-refractivity contribution in [3.8, 4) is 0 Å². The Morgan fingerprint density at radius 1 is 1.38 bits per heavy atom. The van der Waals surface area contributed by atoms with Crippen molar-refractivity contribution in [2.45, 2.75) is 19.9 Å². The minimum absolute atomic E-state index is 0.177. The van der Waals surface area contributed by atoms with Crippen LogP contribution in [0.15, 0.2) is 41.6 Å². The Hall–Kier alpha value is -1.75. The average molecular weight is 305 g/mol. The quantitative estimate of drug-likeness (QED) is 0.688. The summed E-state index contributed by atoms with van der Waals surface area (Å²) in [7, 11) is 1.95. The van der Waals surface area contributed by atoms with Crippen molar-refractivity contribution >= 4 is 22.9 Å². The van der Waals surface area contributed by atoms with Crippen molar-refractivity contribution in [1.82, 2.24) is 5.32 Å². The smallest absolute Gasteiger partial charge is 0.342 e. The maximum absolute atomic E-state index is 12.4. The van der Waals surface area contributed by atoms with E-state index in [1.165, 1.54) is 0 Å². The van der Waals surface area contributed by atoms with Gasteiger partial charge in [0.1, 0.15) is 11.3 Å². The Balaban J connectivity index is 2.51. The van der Waals surface area contributed by atoms with Gasteiger partial charge < -0.3 is 4.74 Å². The lowest BCUT2D eigenvalue weighted by Gasteiger charge is -2.25. The fourth-order valence-corrected chi connectivity index (χ4v) is 3.05. The van der Waals surface area contributed by atoms with Crippen LogP contribution in [-0.4, -0.2) is 35.6 Å². The van der Waals surface area contributed by atoms with Crippen LogP contribution in [0.2, 0.25) is 0 Å². The molecular formula is C16H21N2O2S+. The number of rotatable bonds is 3. The normalized spacial score (nSPS) is 18.6. The van der Waals surface area contributed by atoms with Gasteiger partial charge in [-0.1, -0.05) is 30.3 Å². The molecule has 1 aromatic carbocycles. The second-order valence-electron chi connectivity index (χ2n) is 4.78. The Bertz CT molecular complexity index is 594. The van der Waals surface area contributed by atoms with E-state index >= 15 is 0 Å². The lowest BCUT2D eigenvalue weighted by atomic mass is 9.96. The van der Waals surface area contributed by atoms with E-state index in [-0.39, 0.29) is 12.0 Å². The monoisotopic (exact) mass is 305 g/mol. The molecule has 0 aromatic heterocycles. The number of esters is 1. The zero-order valence-electron chi connectivity index (χ0n) is 12.8. The molecule has 1 aromatic rings. The third-order valence-electron chi connectivity index (χ3n) is 3.58. The minimum atomic E-state index is -0.261. The first-order valence-corrected chi connectivity index (χ1v) is 8.16. The van der Waals surface area contributed by atoms with Crippen LogP contribution >= 0.6 is 11.8 Å². The standard InChI is InChI=1S/C16H20N2O2S/c1-5-20-15(19)13-11(2)18(3)16(21-4)17-14(13)12-9-7-6-8-10-12/h6-10,14H,5H2,1-4H3/p+1. The molecule has 1 heterocycles. The number of benzene rings is 1. The van der Waals surface area contributed by atoms with Gasteiger partial charge in [-0.05, 0) is 31.9 Å². The average Bonchev–Trinajstić information content (AvgIpc) is 2.50. The highest BCUT2D eigenvalue weighted by Crippen LogP contribution is 2.29.